The Morgan fingerprint density at radius 3 is 2.47 bits per heavy atom. The summed E-state index contributed by atoms with van der Waals surface area (Å²) in [5, 5.41) is 0. The van der Waals surface area contributed by atoms with E-state index in [4.69, 9.17) is 10.5 Å². The first-order valence-electron chi connectivity index (χ1n) is 5.37. The maximum atomic E-state index is 13.4. The molecule has 2 N–H and O–H groups in total. The fourth-order valence-electron chi connectivity index (χ4n) is 1.67. The summed E-state index contributed by atoms with van der Waals surface area (Å²) in [5.41, 5.74) is 8.40. The van der Waals surface area contributed by atoms with Crippen LogP contribution in [0, 0.1) is 19.7 Å². The molecule has 0 unspecified atom stereocenters. The summed E-state index contributed by atoms with van der Waals surface area (Å²) < 4.78 is 18.9. The van der Waals surface area contributed by atoms with Crippen LogP contribution >= 0.6 is 0 Å². The minimum Gasteiger partial charge on any atom is -0.452 e. The van der Waals surface area contributed by atoms with Crippen LogP contribution in [0.2, 0.25) is 0 Å². The summed E-state index contributed by atoms with van der Waals surface area (Å²) >= 11 is 0. The number of aryl methyl sites for hydroxylation is 2. The molecule has 88 valence electrons. The Morgan fingerprint density at radius 2 is 1.76 bits per heavy atom. The van der Waals surface area contributed by atoms with Gasteiger partial charge < -0.3 is 10.5 Å². The van der Waals surface area contributed by atoms with Gasteiger partial charge in [0, 0.05) is 0 Å². The second-order valence-corrected chi connectivity index (χ2v) is 4.03. The third kappa shape index (κ3) is 2.38. The summed E-state index contributed by atoms with van der Waals surface area (Å²) in [6.07, 6.45) is 0. The molecule has 0 saturated heterocycles. The topological polar surface area (TPSA) is 35.2 Å². The van der Waals surface area contributed by atoms with Crippen LogP contribution in [0.25, 0.3) is 0 Å². The number of nitrogen functional groups attached to an aromatic ring is 1. The summed E-state index contributed by atoms with van der Waals surface area (Å²) in [7, 11) is 0. The van der Waals surface area contributed by atoms with Crippen molar-refractivity contribution in [3.63, 3.8) is 0 Å². The number of rotatable bonds is 2. The first-order valence-corrected chi connectivity index (χ1v) is 5.37. The van der Waals surface area contributed by atoms with E-state index >= 15 is 0 Å². The summed E-state index contributed by atoms with van der Waals surface area (Å²) in [4.78, 5) is 0. The fraction of sp³-hybridized carbons (Fsp3) is 0.143. The molecule has 0 bridgehead atoms. The van der Waals surface area contributed by atoms with Gasteiger partial charge in [0.05, 0.1) is 5.69 Å². The molecule has 0 aliphatic rings. The van der Waals surface area contributed by atoms with E-state index in [0.29, 0.717) is 11.4 Å². The molecule has 2 rings (SSSR count). The van der Waals surface area contributed by atoms with Crippen molar-refractivity contribution in [1.82, 2.24) is 0 Å². The largest absolute Gasteiger partial charge is 0.452 e. The molecule has 2 nitrogen and oxygen atoms in total. The first kappa shape index (κ1) is 11.5. The van der Waals surface area contributed by atoms with E-state index < -0.39 is 5.82 Å². The monoisotopic (exact) mass is 231 g/mol. The van der Waals surface area contributed by atoms with Crippen molar-refractivity contribution in [2.75, 3.05) is 5.73 Å². The molecule has 2 aromatic rings. The number of hydrogen-bond acceptors (Lipinski definition) is 2. The van der Waals surface area contributed by atoms with Gasteiger partial charge in [-0.2, -0.15) is 0 Å². The van der Waals surface area contributed by atoms with Gasteiger partial charge in [0.25, 0.3) is 0 Å². The molecule has 0 amide bonds. The molecule has 0 saturated carbocycles. The van der Waals surface area contributed by atoms with Crippen molar-refractivity contribution < 1.29 is 9.13 Å². The number of hydrogen-bond donors (Lipinski definition) is 1. The van der Waals surface area contributed by atoms with Gasteiger partial charge in [0.1, 0.15) is 0 Å². The van der Waals surface area contributed by atoms with Crippen molar-refractivity contribution in [2.24, 2.45) is 0 Å². The van der Waals surface area contributed by atoms with E-state index in [1.807, 2.05) is 19.9 Å². The highest BCUT2D eigenvalue weighted by atomic mass is 19.1. The molecule has 2 aromatic carbocycles. The SMILES string of the molecule is Cc1cc(C)c(N)c(Oc2ccccc2F)c1. The molecule has 0 aromatic heterocycles. The average Bonchev–Trinajstić information content (AvgIpc) is 2.28. The zero-order valence-electron chi connectivity index (χ0n) is 9.83. The van der Waals surface area contributed by atoms with E-state index in [-0.39, 0.29) is 5.75 Å². The molecule has 3 heteroatoms. The van der Waals surface area contributed by atoms with Crippen LogP contribution in [-0.2, 0) is 0 Å². The van der Waals surface area contributed by atoms with Gasteiger partial charge in [-0.3, -0.25) is 0 Å². The second-order valence-electron chi connectivity index (χ2n) is 4.03. The lowest BCUT2D eigenvalue weighted by atomic mass is 10.1. The minimum absolute atomic E-state index is 0.184. The number of anilines is 1. The Morgan fingerprint density at radius 1 is 1.06 bits per heavy atom. The van der Waals surface area contributed by atoms with E-state index in [2.05, 4.69) is 0 Å². The van der Waals surface area contributed by atoms with Gasteiger partial charge >= 0.3 is 0 Å². The van der Waals surface area contributed by atoms with Crippen LogP contribution in [0.1, 0.15) is 11.1 Å². The molecule has 0 atom stereocenters. The van der Waals surface area contributed by atoms with Crippen LogP contribution in [0.15, 0.2) is 36.4 Å². The number of halogens is 1. The van der Waals surface area contributed by atoms with Crippen molar-refractivity contribution in [2.45, 2.75) is 13.8 Å². The third-order valence-electron chi connectivity index (χ3n) is 2.55. The molecule has 0 radical (unpaired) electrons. The van der Waals surface area contributed by atoms with Gasteiger partial charge in [-0.15, -0.1) is 0 Å². The Balaban J connectivity index is 2.40. The van der Waals surface area contributed by atoms with Gasteiger partial charge in [-0.1, -0.05) is 18.2 Å². The predicted octanol–water partition coefficient (Wildman–Crippen LogP) is 3.82. The van der Waals surface area contributed by atoms with E-state index in [1.54, 1.807) is 24.3 Å². The molecule has 0 fully saturated rings. The van der Waals surface area contributed by atoms with Crippen molar-refractivity contribution in [3.05, 3.63) is 53.3 Å². The molecule has 0 aliphatic heterocycles. The van der Waals surface area contributed by atoms with Gasteiger partial charge in [-0.25, -0.2) is 4.39 Å². The van der Waals surface area contributed by atoms with E-state index in [1.165, 1.54) is 6.07 Å². The predicted molar refractivity (Wildman–Crippen MR) is 66.8 cm³/mol. The standard InChI is InChI=1S/C14H14FNO/c1-9-7-10(2)14(16)13(8-9)17-12-6-4-3-5-11(12)15/h3-8H,16H2,1-2H3. The van der Waals surface area contributed by atoms with Crippen molar-refractivity contribution >= 4 is 5.69 Å². The molecule has 0 aliphatic carbocycles. The highest BCUT2D eigenvalue weighted by Gasteiger charge is 2.08. The summed E-state index contributed by atoms with van der Waals surface area (Å²) in [5.74, 6) is 0.280. The number of ether oxygens (including phenoxy) is 1. The zero-order chi connectivity index (χ0) is 12.4. The Bertz CT molecular complexity index is 552. The van der Waals surface area contributed by atoms with E-state index in [0.717, 1.165) is 11.1 Å². The van der Waals surface area contributed by atoms with Crippen LogP contribution in [-0.4, -0.2) is 0 Å². The second kappa shape index (κ2) is 4.45. The minimum atomic E-state index is -0.397. The number of para-hydroxylation sites is 1. The Labute approximate surface area is 99.8 Å². The molecule has 0 spiro atoms. The zero-order valence-corrected chi connectivity index (χ0v) is 9.83. The normalized spacial score (nSPS) is 10.3. The highest BCUT2D eigenvalue weighted by molar-refractivity contribution is 5.60. The van der Waals surface area contributed by atoms with Gasteiger partial charge in [0.15, 0.2) is 17.3 Å². The maximum absolute atomic E-state index is 13.4. The lowest BCUT2D eigenvalue weighted by Crippen LogP contribution is -1.97. The first-order chi connectivity index (χ1) is 8.08. The van der Waals surface area contributed by atoms with Crippen LogP contribution in [0.4, 0.5) is 10.1 Å². The van der Waals surface area contributed by atoms with Crippen LogP contribution < -0.4 is 10.5 Å². The molecule has 17 heavy (non-hydrogen) atoms. The Kier molecular flexibility index (Phi) is 3.00. The lowest BCUT2D eigenvalue weighted by molar-refractivity contribution is 0.443. The summed E-state index contributed by atoms with van der Waals surface area (Å²) in [6, 6.07) is 10.0. The maximum Gasteiger partial charge on any atom is 0.165 e. The summed E-state index contributed by atoms with van der Waals surface area (Å²) in [6.45, 7) is 3.84. The lowest BCUT2D eigenvalue weighted by Gasteiger charge is -2.12. The number of nitrogens with two attached hydrogens (primary N) is 1. The molecule has 0 heterocycles. The van der Waals surface area contributed by atoms with Crippen molar-refractivity contribution in [1.29, 1.82) is 0 Å². The van der Waals surface area contributed by atoms with Gasteiger partial charge in [0.2, 0.25) is 0 Å². The van der Waals surface area contributed by atoms with Crippen molar-refractivity contribution in [3.8, 4) is 11.5 Å². The Hall–Kier alpha value is -2.03. The van der Waals surface area contributed by atoms with Crippen LogP contribution in [0.3, 0.4) is 0 Å². The molecular weight excluding hydrogens is 217 g/mol. The van der Waals surface area contributed by atoms with Crippen LogP contribution in [0.5, 0.6) is 11.5 Å². The quantitative estimate of drug-likeness (QED) is 0.797. The highest BCUT2D eigenvalue weighted by Crippen LogP contribution is 2.32. The fourth-order valence-corrected chi connectivity index (χ4v) is 1.67. The average molecular weight is 231 g/mol. The van der Waals surface area contributed by atoms with Gasteiger partial charge in [-0.05, 0) is 43.2 Å². The smallest absolute Gasteiger partial charge is 0.165 e. The third-order valence-corrected chi connectivity index (χ3v) is 2.55. The van der Waals surface area contributed by atoms with E-state index in [9.17, 15) is 4.39 Å². The molecular formula is C14H14FNO. The number of benzene rings is 2.